The molecule has 1 aromatic rings. The first kappa shape index (κ1) is 17.8. The van der Waals surface area contributed by atoms with Crippen molar-refractivity contribution >= 4 is 16.8 Å². The van der Waals surface area contributed by atoms with Gasteiger partial charge in [0.2, 0.25) is 0 Å². The largest absolute Gasteiger partial charge is 0.496 e. The molecule has 23 heavy (non-hydrogen) atoms. The Morgan fingerprint density at radius 1 is 1.35 bits per heavy atom. The second-order valence-corrected chi connectivity index (χ2v) is 7.80. The zero-order valence-electron chi connectivity index (χ0n) is 13.8. The van der Waals surface area contributed by atoms with E-state index in [1.54, 1.807) is 7.11 Å². The van der Waals surface area contributed by atoms with Gasteiger partial charge in [0.25, 0.3) is 0 Å². The van der Waals surface area contributed by atoms with Gasteiger partial charge >= 0.3 is 6.03 Å². The van der Waals surface area contributed by atoms with Crippen LogP contribution in [-0.4, -0.2) is 34.4 Å². The van der Waals surface area contributed by atoms with Gasteiger partial charge in [-0.2, -0.15) is 0 Å². The molecule has 2 amide bonds. The van der Waals surface area contributed by atoms with Crippen LogP contribution >= 0.6 is 0 Å². The lowest BCUT2D eigenvalue weighted by atomic mass is 9.95. The van der Waals surface area contributed by atoms with E-state index in [2.05, 4.69) is 10.6 Å². The van der Waals surface area contributed by atoms with Gasteiger partial charge < -0.3 is 15.4 Å². The van der Waals surface area contributed by atoms with Crippen molar-refractivity contribution in [2.75, 3.05) is 12.9 Å². The van der Waals surface area contributed by atoms with Gasteiger partial charge in [0.15, 0.2) is 0 Å². The lowest BCUT2D eigenvalue weighted by Gasteiger charge is -2.29. The summed E-state index contributed by atoms with van der Waals surface area (Å²) in [5.41, 5.74) is 0.943. The van der Waals surface area contributed by atoms with Crippen LogP contribution in [0.3, 0.4) is 0 Å². The molecule has 128 valence electrons. The number of amides is 2. The normalized spacial score (nSPS) is 22.2. The first-order valence-electron chi connectivity index (χ1n) is 8.17. The minimum Gasteiger partial charge on any atom is -0.496 e. The summed E-state index contributed by atoms with van der Waals surface area (Å²) in [5.74, 6) is 1.46. The van der Waals surface area contributed by atoms with E-state index in [1.807, 2.05) is 31.2 Å². The standard InChI is InChI=1S/C17H26N2O3S/c1-3-23(21)15-9-6-8-14(11-15)19-17(20)18-12-13-7-4-5-10-16(13)22-2/h4-5,7,10,14-15H,3,6,8-9,11-12H2,1-2H3,(H2,18,19,20)/t14-,15-,23-/m0/s1. The summed E-state index contributed by atoms with van der Waals surface area (Å²) < 4.78 is 17.2. The molecule has 1 aromatic carbocycles. The first-order chi connectivity index (χ1) is 11.1. The predicted molar refractivity (Wildman–Crippen MR) is 93.1 cm³/mol. The molecule has 2 N–H and O–H groups in total. The average molecular weight is 338 g/mol. The number of rotatable bonds is 6. The Balaban J connectivity index is 1.81. The van der Waals surface area contributed by atoms with Crippen molar-refractivity contribution in [3.8, 4) is 5.75 Å². The van der Waals surface area contributed by atoms with E-state index < -0.39 is 10.8 Å². The summed E-state index contributed by atoms with van der Waals surface area (Å²) in [6, 6.07) is 7.56. The van der Waals surface area contributed by atoms with Crippen LogP contribution in [0.2, 0.25) is 0 Å². The monoisotopic (exact) mass is 338 g/mol. The molecule has 1 aliphatic carbocycles. The highest BCUT2D eigenvalue weighted by atomic mass is 32.2. The van der Waals surface area contributed by atoms with E-state index in [-0.39, 0.29) is 17.3 Å². The van der Waals surface area contributed by atoms with Gasteiger partial charge in [0.1, 0.15) is 5.75 Å². The SMILES string of the molecule is CC[S@](=O)[C@H]1CCC[C@H](NC(=O)NCc2ccccc2OC)C1. The summed E-state index contributed by atoms with van der Waals surface area (Å²) in [6.45, 7) is 2.37. The number of carbonyl (C=O) groups is 1. The Morgan fingerprint density at radius 2 is 2.13 bits per heavy atom. The van der Waals surface area contributed by atoms with E-state index in [0.717, 1.165) is 37.0 Å². The summed E-state index contributed by atoms with van der Waals surface area (Å²) >= 11 is 0. The fourth-order valence-corrected chi connectivity index (χ4v) is 4.36. The fraction of sp³-hybridized carbons (Fsp3) is 0.588. The number of ether oxygens (including phenoxy) is 1. The van der Waals surface area contributed by atoms with Crippen LogP contribution in [0.4, 0.5) is 4.79 Å². The molecule has 0 unspecified atom stereocenters. The van der Waals surface area contributed by atoms with Crippen molar-refractivity contribution in [1.29, 1.82) is 0 Å². The summed E-state index contributed by atoms with van der Waals surface area (Å²) in [5, 5.41) is 6.10. The number of nitrogens with one attached hydrogen (secondary N) is 2. The Labute approximate surface area is 140 Å². The van der Waals surface area contributed by atoms with Gasteiger partial charge in [0.05, 0.1) is 7.11 Å². The average Bonchev–Trinajstić information content (AvgIpc) is 2.59. The van der Waals surface area contributed by atoms with Crippen molar-refractivity contribution in [3.63, 3.8) is 0 Å². The molecule has 6 heteroatoms. The van der Waals surface area contributed by atoms with E-state index in [1.165, 1.54) is 0 Å². The highest BCUT2D eigenvalue weighted by molar-refractivity contribution is 7.85. The lowest BCUT2D eigenvalue weighted by molar-refractivity contribution is 0.232. The van der Waals surface area contributed by atoms with Gasteiger partial charge in [-0.15, -0.1) is 0 Å². The van der Waals surface area contributed by atoms with Crippen molar-refractivity contribution in [1.82, 2.24) is 10.6 Å². The van der Waals surface area contributed by atoms with Crippen LogP contribution in [0.5, 0.6) is 5.75 Å². The number of hydrogen-bond acceptors (Lipinski definition) is 3. The van der Waals surface area contributed by atoms with E-state index >= 15 is 0 Å². The number of carbonyl (C=O) groups excluding carboxylic acids is 1. The lowest BCUT2D eigenvalue weighted by Crippen LogP contribution is -2.45. The van der Waals surface area contributed by atoms with Gasteiger partial charge in [0, 0.05) is 40.0 Å². The van der Waals surface area contributed by atoms with E-state index in [4.69, 9.17) is 4.74 Å². The molecule has 0 spiro atoms. The van der Waals surface area contributed by atoms with Crippen molar-refractivity contribution in [3.05, 3.63) is 29.8 Å². The molecule has 0 saturated heterocycles. The van der Waals surface area contributed by atoms with Crippen molar-refractivity contribution < 1.29 is 13.7 Å². The Kier molecular flexibility index (Phi) is 6.89. The molecule has 1 saturated carbocycles. The second-order valence-electron chi connectivity index (χ2n) is 5.79. The Hall–Kier alpha value is -1.56. The molecule has 0 radical (unpaired) electrons. The summed E-state index contributed by atoms with van der Waals surface area (Å²) in [4.78, 5) is 12.1. The number of methoxy groups -OCH3 is 1. The van der Waals surface area contributed by atoms with Crippen molar-refractivity contribution in [2.24, 2.45) is 0 Å². The third kappa shape index (κ3) is 5.23. The number of para-hydroxylation sites is 1. The van der Waals surface area contributed by atoms with Crippen LogP contribution in [0.15, 0.2) is 24.3 Å². The van der Waals surface area contributed by atoms with Gasteiger partial charge in [-0.1, -0.05) is 31.5 Å². The number of urea groups is 1. The third-order valence-corrected chi connectivity index (χ3v) is 5.99. The van der Waals surface area contributed by atoms with E-state index in [9.17, 15) is 9.00 Å². The topological polar surface area (TPSA) is 67.4 Å². The Bertz CT molecular complexity index is 550. The third-order valence-electron chi connectivity index (χ3n) is 4.25. The molecule has 0 aromatic heterocycles. The predicted octanol–water partition coefficient (Wildman–Crippen LogP) is 2.57. The molecule has 2 rings (SSSR count). The maximum Gasteiger partial charge on any atom is 0.315 e. The summed E-state index contributed by atoms with van der Waals surface area (Å²) in [7, 11) is 0.845. The molecule has 1 aliphatic rings. The van der Waals surface area contributed by atoms with Gasteiger partial charge in [-0.25, -0.2) is 4.79 Å². The minimum atomic E-state index is -0.775. The zero-order valence-corrected chi connectivity index (χ0v) is 14.7. The zero-order chi connectivity index (χ0) is 16.7. The van der Waals surface area contributed by atoms with Crippen LogP contribution < -0.4 is 15.4 Å². The molecule has 1 fully saturated rings. The minimum absolute atomic E-state index is 0.113. The van der Waals surface area contributed by atoms with Crippen LogP contribution in [0.25, 0.3) is 0 Å². The van der Waals surface area contributed by atoms with Crippen molar-refractivity contribution in [2.45, 2.75) is 50.4 Å². The molecule has 0 aliphatic heterocycles. The number of benzene rings is 1. The quantitative estimate of drug-likeness (QED) is 0.838. The van der Waals surface area contributed by atoms with Crippen LogP contribution in [0, 0.1) is 0 Å². The second kappa shape index (κ2) is 8.91. The fourth-order valence-electron chi connectivity index (χ4n) is 3.01. The van der Waals surface area contributed by atoms with Crippen LogP contribution in [-0.2, 0) is 17.3 Å². The molecule has 0 bridgehead atoms. The van der Waals surface area contributed by atoms with Gasteiger partial charge in [-0.05, 0) is 25.3 Å². The summed E-state index contributed by atoms with van der Waals surface area (Å²) in [6.07, 6.45) is 3.79. The maximum atomic E-state index is 12.1. The van der Waals surface area contributed by atoms with Gasteiger partial charge in [-0.3, -0.25) is 4.21 Å². The van der Waals surface area contributed by atoms with E-state index in [0.29, 0.717) is 12.3 Å². The maximum absolute atomic E-state index is 12.1. The highest BCUT2D eigenvalue weighted by Gasteiger charge is 2.26. The molecular weight excluding hydrogens is 312 g/mol. The van der Waals surface area contributed by atoms with Crippen LogP contribution in [0.1, 0.15) is 38.2 Å². The molecule has 5 nitrogen and oxygen atoms in total. The smallest absolute Gasteiger partial charge is 0.315 e. The Morgan fingerprint density at radius 3 is 2.87 bits per heavy atom. The first-order valence-corrected chi connectivity index (χ1v) is 9.55. The molecule has 0 heterocycles. The number of hydrogen-bond donors (Lipinski definition) is 2. The molecule has 3 atom stereocenters. The molecular formula is C17H26N2O3S. The highest BCUT2D eigenvalue weighted by Crippen LogP contribution is 2.23.